The Kier molecular flexibility index (Phi) is 4.31. The number of aryl methyl sites for hydroxylation is 1. The largest absolute Gasteiger partial charge is 0.507 e. The van der Waals surface area contributed by atoms with E-state index in [4.69, 9.17) is 5.11 Å². The Morgan fingerprint density at radius 2 is 2.12 bits per heavy atom. The summed E-state index contributed by atoms with van der Waals surface area (Å²) in [6.45, 7) is 4.40. The summed E-state index contributed by atoms with van der Waals surface area (Å²) in [5.74, 6) is -0.273. The second-order valence-electron chi connectivity index (χ2n) is 3.63. The number of carbonyl (C=O) groups excluding carboxylic acids is 1. The van der Waals surface area contributed by atoms with Crippen LogP contribution in [0.5, 0.6) is 5.75 Å². The fraction of sp³-hybridized carbons (Fsp3) is 0.417. The van der Waals surface area contributed by atoms with Crippen LogP contribution < -0.4 is 0 Å². The summed E-state index contributed by atoms with van der Waals surface area (Å²) in [5, 5.41) is 18.4. The molecule has 0 radical (unpaired) electrons. The Morgan fingerprint density at radius 1 is 1.44 bits per heavy atom. The quantitative estimate of drug-likeness (QED) is 0.805. The van der Waals surface area contributed by atoms with Crippen molar-refractivity contribution in [1.82, 2.24) is 4.90 Å². The molecule has 1 amide bonds. The van der Waals surface area contributed by atoms with E-state index in [1.54, 1.807) is 12.1 Å². The second kappa shape index (κ2) is 5.51. The van der Waals surface area contributed by atoms with Gasteiger partial charge in [0.1, 0.15) is 5.75 Å². The molecular weight excluding hydrogens is 206 g/mol. The fourth-order valence-electron chi connectivity index (χ4n) is 1.52. The van der Waals surface area contributed by atoms with Gasteiger partial charge in [-0.1, -0.05) is 11.6 Å². The van der Waals surface area contributed by atoms with Gasteiger partial charge in [-0.15, -0.1) is 0 Å². The number of nitrogens with zero attached hydrogens (tertiary/aromatic N) is 1. The SMILES string of the molecule is CCN(CCO)C(=O)c1cc(C)ccc1O. The highest BCUT2D eigenvalue weighted by atomic mass is 16.3. The molecule has 0 aliphatic heterocycles. The Labute approximate surface area is 95.1 Å². The standard InChI is InChI=1S/C12H17NO3/c1-3-13(6-7-14)12(16)10-8-9(2)4-5-11(10)15/h4-5,8,14-15H,3,6-7H2,1-2H3. The van der Waals surface area contributed by atoms with E-state index < -0.39 is 0 Å². The Hall–Kier alpha value is -1.55. The first-order chi connectivity index (χ1) is 7.60. The molecular formula is C12H17NO3. The van der Waals surface area contributed by atoms with Crippen LogP contribution in [0.4, 0.5) is 0 Å². The number of aromatic hydroxyl groups is 1. The Balaban J connectivity index is 2.98. The number of hydrogen-bond donors (Lipinski definition) is 2. The van der Waals surface area contributed by atoms with E-state index in [2.05, 4.69) is 0 Å². The highest BCUT2D eigenvalue weighted by Crippen LogP contribution is 2.19. The zero-order valence-corrected chi connectivity index (χ0v) is 9.60. The average molecular weight is 223 g/mol. The number of amides is 1. The molecule has 0 bridgehead atoms. The number of aliphatic hydroxyl groups is 1. The van der Waals surface area contributed by atoms with Crippen LogP contribution in [-0.2, 0) is 0 Å². The van der Waals surface area contributed by atoms with Crippen LogP contribution in [0.2, 0.25) is 0 Å². The highest BCUT2D eigenvalue weighted by molar-refractivity contribution is 5.97. The van der Waals surface area contributed by atoms with Gasteiger partial charge in [-0.3, -0.25) is 4.79 Å². The van der Waals surface area contributed by atoms with Crippen molar-refractivity contribution in [1.29, 1.82) is 0 Å². The lowest BCUT2D eigenvalue weighted by atomic mass is 10.1. The average Bonchev–Trinajstić information content (AvgIpc) is 2.28. The van der Waals surface area contributed by atoms with E-state index in [0.29, 0.717) is 6.54 Å². The molecule has 0 aromatic heterocycles. The van der Waals surface area contributed by atoms with Gasteiger partial charge in [0, 0.05) is 13.1 Å². The van der Waals surface area contributed by atoms with Crippen LogP contribution in [0.1, 0.15) is 22.8 Å². The van der Waals surface area contributed by atoms with Crippen molar-refractivity contribution in [3.63, 3.8) is 0 Å². The van der Waals surface area contributed by atoms with Gasteiger partial charge in [0.05, 0.1) is 12.2 Å². The van der Waals surface area contributed by atoms with E-state index >= 15 is 0 Å². The van der Waals surface area contributed by atoms with Crippen LogP contribution in [0.25, 0.3) is 0 Å². The van der Waals surface area contributed by atoms with Crippen LogP contribution in [0.3, 0.4) is 0 Å². The zero-order valence-electron chi connectivity index (χ0n) is 9.60. The summed E-state index contributed by atoms with van der Waals surface area (Å²) in [4.78, 5) is 13.5. The topological polar surface area (TPSA) is 60.8 Å². The minimum Gasteiger partial charge on any atom is -0.507 e. The third-order valence-electron chi connectivity index (χ3n) is 2.42. The number of phenols is 1. The minimum absolute atomic E-state index is 0.0213. The Morgan fingerprint density at radius 3 is 2.69 bits per heavy atom. The van der Waals surface area contributed by atoms with Crippen molar-refractivity contribution in [2.75, 3.05) is 19.7 Å². The van der Waals surface area contributed by atoms with Gasteiger partial charge in [0.25, 0.3) is 5.91 Å². The highest BCUT2D eigenvalue weighted by Gasteiger charge is 2.17. The number of likely N-dealkylation sites (N-methyl/N-ethyl adjacent to an activating group) is 1. The molecule has 4 heteroatoms. The van der Waals surface area contributed by atoms with Crippen molar-refractivity contribution in [3.8, 4) is 5.75 Å². The van der Waals surface area contributed by atoms with Gasteiger partial charge >= 0.3 is 0 Å². The summed E-state index contributed by atoms with van der Waals surface area (Å²) >= 11 is 0. The lowest BCUT2D eigenvalue weighted by Gasteiger charge is -2.20. The second-order valence-corrected chi connectivity index (χ2v) is 3.63. The summed E-state index contributed by atoms with van der Waals surface area (Å²) in [5.41, 5.74) is 1.21. The lowest BCUT2D eigenvalue weighted by molar-refractivity contribution is 0.0729. The van der Waals surface area contributed by atoms with E-state index in [1.165, 1.54) is 11.0 Å². The first-order valence-corrected chi connectivity index (χ1v) is 5.30. The number of benzene rings is 1. The van der Waals surface area contributed by atoms with E-state index in [1.807, 2.05) is 13.8 Å². The molecule has 0 saturated heterocycles. The van der Waals surface area contributed by atoms with E-state index in [9.17, 15) is 9.90 Å². The molecule has 0 saturated carbocycles. The summed E-state index contributed by atoms with van der Waals surface area (Å²) in [6.07, 6.45) is 0. The molecule has 0 aliphatic rings. The minimum atomic E-state index is -0.252. The van der Waals surface area contributed by atoms with Crippen molar-refractivity contribution >= 4 is 5.91 Å². The third-order valence-corrected chi connectivity index (χ3v) is 2.42. The van der Waals surface area contributed by atoms with Gasteiger partial charge in [-0.2, -0.15) is 0 Å². The zero-order chi connectivity index (χ0) is 12.1. The van der Waals surface area contributed by atoms with Crippen LogP contribution >= 0.6 is 0 Å². The maximum Gasteiger partial charge on any atom is 0.257 e. The van der Waals surface area contributed by atoms with Crippen LogP contribution in [0.15, 0.2) is 18.2 Å². The number of rotatable bonds is 4. The van der Waals surface area contributed by atoms with Gasteiger partial charge in [-0.05, 0) is 26.0 Å². The number of carbonyl (C=O) groups is 1. The predicted octanol–water partition coefficient (Wildman–Crippen LogP) is 1.16. The van der Waals surface area contributed by atoms with Gasteiger partial charge in [0.2, 0.25) is 0 Å². The monoisotopic (exact) mass is 223 g/mol. The molecule has 0 atom stereocenters. The van der Waals surface area contributed by atoms with E-state index in [0.717, 1.165) is 5.56 Å². The maximum absolute atomic E-state index is 12.0. The molecule has 0 aliphatic carbocycles. The van der Waals surface area contributed by atoms with Crippen molar-refractivity contribution in [3.05, 3.63) is 29.3 Å². The van der Waals surface area contributed by atoms with Crippen molar-refractivity contribution in [2.45, 2.75) is 13.8 Å². The molecule has 1 aromatic carbocycles. The maximum atomic E-state index is 12.0. The molecule has 1 rings (SSSR count). The number of aliphatic hydroxyl groups excluding tert-OH is 1. The molecule has 88 valence electrons. The van der Waals surface area contributed by atoms with Gasteiger partial charge in [0.15, 0.2) is 0 Å². The molecule has 0 spiro atoms. The summed E-state index contributed by atoms with van der Waals surface area (Å²) in [7, 11) is 0. The molecule has 0 unspecified atom stereocenters. The predicted molar refractivity (Wildman–Crippen MR) is 61.5 cm³/mol. The van der Waals surface area contributed by atoms with Gasteiger partial charge < -0.3 is 15.1 Å². The molecule has 16 heavy (non-hydrogen) atoms. The Bertz CT molecular complexity index is 377. The molecule has 1 aromatic rings. The van der Waals surface area contributed by atoms with Crippen LogP contribution in [0, 0.1) is 6.92 Å². The molecule has 0 heterocycles. The summed E-state index contributed by atoms with van der Waals surface area (Å²) < 4.78 is 0. The van der Waals surface area contributed by atoms with E-state index in [-0.39, 0.29) is 30.4 Å². The fourth-order valence-corrected chi connectivity index (χ4v) is 1.52. The van der Waals surface area contributed by atoms with Crippen molar-refractivity contribution < 1.29 is 15.0 Å². The molecule has 4 nitrogen and oxygen atoms in total. The number of hydrogen-bond acceptors (Lipinski definition) is 3. The molecule has 0 fully saturated rings. The number of phenolic OH excluding ortho intramolecular Hbond substituents is 1. The van der Waals surface area contributed by atoms with Crippen molar-refractivity contribution in [2.24, 2.45) is 0 Å². The van der Waals surface area contributed by atoms with Crippen LogP contribution in [-0.4, -0.2) is 40.7 Å². The smallest absolute Gasteiger partial charge is 0.257 e. The summed E-state index contributed by atoms with van der Waals surface area (Å²) in [6, 6.07) is 4.90. The first-order valence-electron chi connectivity index (χ1n) is 5.30. The normalized spacial score (nSPS) is 10.2. The van der Waals surface area contributed by atoms with Gasteiger partial charge in [-0.25, -0.2) is 0 Å². The molecule has 2 N–H and O–H groups in total. The lowest BCUT2D eigenvalue weighted by Crippen LogP contribution is -2.33. The third kappa shape index (κ3) is 2.73. The first kappa shape index (κ1) is 12.5.